The van der Waals surface area contributed by atoms with Gasteiger partial charge in [0.25, 0.3) is 0 Å². The minimum absolute atomic E-state index is 0.0473. The van der Waals surface area contributed by atoms with Crippen molar-refractivity contribution in [2.75, 3.05) is 11.9 Å². The number of hydrogen-bond donors (Lipinski definition) is 1. The third-order valence-corrected chi connectivity index (χ3v) is 3.72. The first-order valence-corrected chi connectivity index (χ1v) is 6.95. The van der Waals surface area contributed by atoms with Crippen molar-refractivity contribution in [3.8, 4) is 5.75 Å². The molecule has 0 saturated carbocycles. The van der Waals surface area contributed by atoms with Crippen LogP contribution in [-0.2, 0) is 6.42 Å². The minimum atomic E-state index is -0.236. The predicted octanol–water partition coefficient (Wildman–Crippen LogP) is 4.20. The maximum Gasteiger partial charge on any atom is 0.125 e. The van der Waals surface area contributed by atoms with Crippen molar-refractivity contribution in [3.05, 3.63) is 58.4 Å². The zero-order chi connectivity index (χ0) is 14.1. The Kier molecular flexibility index (Phi) is 3.53. The Morgan fingerprint density at radius 2 is 2.15 bits per heavy atom. The Morgan fingerprint density at radius 3 is 3.00 bits per heavy atom. The molecule has 0 amide bonds. The van der Waals surface area contributed by atoms with Gasteiger partial charge < -0.3 is 10.1 Å². The number of anilines is 1. The summed E-state index contributed by atoms with van der Waals surface area (Å²) in [4.78, 5) is 0. The number of aryl methyl sites for hydroxylation is 1. The van der Waals surface area contributed by atoms with Crippen molar-refractivity contribution in [2.24, 2.45) is 0 Å². The van der Waals surface area contributed by atoms with Crippen LogP contribution < -0.4 is 10.1 Å². The van der Waals surface area contributed by atoms with Gasteiger partial charge in [-0.05, 0) is 48.4 Å². The van der Waals surface area contributed by atoms with Gasteiger partial charge in [-0.3, -0.25) is 0 Å². The molecular formula is C16H15ClFNO. The van der Waals surface area contributed by atoms with E-state index in [0.29, 0.717) is 6.54 Å². The average Bonchev–Trinajstić information content (AvgIpc) is 2.81. The molecule has 2 nitrogen and oxygen atoms in total. The normalized spacial score (nSPS) is 16.6. The average molecular weight is 292 g/mol. The second-order valence-corrected chi connectivity index (χ2v) is 5.47. The summed E-state index contributed by atoms with van der Waals surface area (Å²) in [5, 5.41) is 3.97. The molecule has 0 fully saturated rings. The molecular weight excluding hydrogens is 277 g/mol. The monoisotopic (exact) mass is 291 g/mol. The Morgan fingerprint density at radius 1 is 1.30 bits per heavy atom. The van der Waals surface area contributed by atoms with Crippen LogP contribution in [0.5, 0.6) is 5.75 Å². The number of rotatable bonds is 3. The summed E-state index contributed by atoms with van der Waals surface area (Å²) in [5.41, 5.74) is 2.95. The van der Waals surface area contributed by atoms with Gasteiger partial charge in [-0.15, -0.1) is 0 Å². The van der Waals surface area contributed by atoms with E-state index in [9.17, 15) is 4.39 Å². The van der Waals surface area contributed by atoms with Gasteiger partial charge in [-0.1, -0.05) is 17.7 Å². The molecule has 2 aromatic rings. The molecule has 0 aromatic heterocycles. The summed E-state index contributed by atoms with van der Waals surface area (Å²) in [5.74, 6) is 0.651. The lowest BCUT2D eigenvalue weighted by Crippen LogP contribution is -2.24. The van der Waals surface area contributed by atoms with Crippen molar-refractivity contribution in [3.63, 3.8) is 0 Å². The van der Waals surface area contributed by atoms with Crippen LogP contribution in [0.1, 0.15) is 11.1 Å². The van der Waals surface area contributed by atoms with Crippen LogP contribution in [0.2, 0.25) is 5.02 Å². The topological polar surface area (TPSA) is 21.3 Å². The standard InChI is InChI=1S/C16H15ClFNO/c1-10-2-4-13(18)8-15(10)19-9-14-7-11-6-12(17)3-5-16(11)20-14/h2-6,8,14,19H,7,9H2,1H3. The molecule has 1 aliphatic heterocycles. The Hall–Kier alpha value is -1.74. The second-order valence-electron chi connectivity index (χ2n) is 5.04. The molecule has 0 saturated heterocycles. The Labute approximate surface area is 122 Å². The predicted molar refractivity (Wildman–Crippen MR) is 79.2 cm³/mol. The largest absolute Gasteiger partial charge is 0.488 e. The van der Waals surface area contributed by atoms with Gasteiger partial charge in [0.05, 0.1) is 6.54 Å². The lowest BCUT2D eigenvalue weighted by atomic mass is 10.1. The van der Waals surface area contributed by atoms with Gasteiger partial charge in [-0.2, -0.15) is 0 Å². The molecule has 0 bridgehead atoms. The number of nitrogens with one attached hydrogen (secondary N) is 1. The summed E-state index contributed by atoms with van der Waals surface area (Å²) in [6, 6.07) is 10.4. The summed E-state index contributed by atoms with van der Waals surface area (Å²) in [6.45, 7) is 2.59. The van der Waals surface area contributed by atoms with Crippen LogP contribution in [0.25, 0.3) is 0 Å². The first-order chi connectivity index (χ1) is 9.61. The molecule has 2 aromatic carbocycles. The first-order valence-electron chi connectivity index (χ1n) is 6.57. The van der Waals surface area contributed by atoms with E-state index < -0.39 is 0 Å². The molecule has 0 radical (unpaired) electrons. The van der Waals surface area contributed by atoms with Crippen LogP contribution in [-0.4, -0.2) is 12.6 Å². The Balaban J connectivity index is 1.65. The summed E-state index contributed by atoms with van der Waals surface area (Å²) < 4.78 is 19.1. The highest BCUT2D eigenvalue weighted by molar-refractivity contribution is 6.30. The Bertz CT molecular complexity index is 644. The van der Waals surface area contributed by atoms with Crippen molar-refractivity contribution in [2.45, 2.75) is 19.4 Å². The van der Waals surface area contributed by atoms with Gasteiger partial charge in [0.2, 0.25) is 0 Å². The fourth-order valence-corrected chi connectivity index (χ4v) is 2.61. The van der Waals surface area contributed by atoms with Crippen LogP contribution in [0.15, 0.2) is 36.4 Å². The maximum atomic E-state index is 13.2. The van der Waals surface area contributed by atoms with Gasteiger partial charge in [0.1, 0.15) is 17.7 Å². The van der Waals surface area contributed by atoms with Crippen LogP contribution in [0.3, 0.4) is 0 Å². The summed E-state index contributed by atoms with van der Waals surface area (Å²) in [7, 11) is 0. The van der Waals surface area contributed by atoms with Gasteiger partial charge in [-0.25, -0.2) is 4.39 Å². The second kappa shape index (κ2) is 5.33. The fourth-order valence-electron chi connectivity index (χ4n) is 2.41. The maximum absolute atomic E-state index is 13.2. The third-order valence-electron chi connectivity index (χ3n) is 3.48. The molecule has 1 N–H and O–H groups in total. The SMILES string of the molecule is Cc1ccc(F)cc1NCC1Cc2cc(Cl)ccc2O1. The fraction of sp³-hybridized carbons (Fsp3) is 0.250. The van der Waals surface area contributed by atoms with E-state index in [4.69, 9.17) is 16.3 Å². The van der Waals surface area contributed by atoms with Crippen LogP contribution >= 0.6 is 11.6 Å². The molecule has 1 aliphatic rings. The lowest BCUT2D eigenvalue weighted by Gasteiger charge is -2.14. The molecule has 104 valence electrons. The van der Waals surface area contributed by atoms with Crippen molar-refractivity contribution in [1.82, 2.24) is 0 Å². The van der Waals surface area contributed by atoms with Crippen LogP contribution in [0, 0.1) is 12.7 Å². The zero-order valence-corrected chi connectivity index (χ0v) is 11.9. The zero-order valence-electron chi connectivity index (χ0n) is 11.1. The van der Waals surface area contributed by atoms with Crippen molar-refractivity contribution >= 4 is 17.3 Å². The van der Waals surface area contributed by atoms with E-state index in [0.717, 1.165) is 34.0 Å². The number of ether oxygens (including phenoxy) is 1. The molecule has 0 aliphatic carbocycles. The molecule has 20 heavy (non-hydrogen) atoms. The van der Waals surface area contributed by atoms with E-state index >= 15 is 0 Å². The van der Waals surface area contributed by atoms with E-state index in [1.54, 1.807) is 6.07 Å². The van der Waals surface area contributed by atoms with E-state index in [2.05, 4.69) is 5.32 Å². The van der Waals surface area contributed by atoms with E-state index in [-0.39, 0.29) is 11.9 Å². The minimum Gasteiger partial charge on any atom is -0.488 e. The molecule has 1 heterocycles. The number of fused-ring (bicyclic) bond motifs is 1. The summed E-state index contributed by atoms with van der Waals surface area (Å²) >= 11 is 5.97. The third kappa shape index (κ3) is 2.73. The van der Waals surface area contributed by atoms with Gasteiger partial charge in [0.15, 0.2) is 0 Å². The molecule has 4 heteroatoms. The molecule has 3 rings (SSSR count). The molecule has 0 spiro atoms. The highest BCUT2D eigenvalue weighted by atomic mass is 35.5. The van der Waals surface area contributed by atoms with E-state index in [1.807, 2.05) is 25.1 Å². The van der Waals surface area contributed by atoms with E-state index in [1.165, 1.54) is 12.1 Å². The highest BCUT2D eigenvalue weighted by Gasteiger charge is 2.22. The van der Waals surface area contributed by atoms with Crippen molar-refractivity contribution < 1.29 is 9.13 Å². The highest BCUT2D eigenvalue weighted by Crippen LogP contribution is 2.31. The lowest BCUT2D eigenvalue weighted by molar-refractivity contribution is 0.246. The molecule has 1 unspecified atom stereocenters. The van der Waals surface area contributed by atoms with Crippen molar-refractivity contribution in [1.29, 1.82) is 0 Å². The van der Waals surface area contributed by atoms with Gasteiger partial charge >= 0.3 is 0 Å². The number of halogens is 2. The smallest absolute Gasteiger partial charge is 0.125 e. The van der Waals surface area contributed by atoms with Crippen LogP contribution in [0.4, 0.5) is 10.1 Å². The quantitative estimate of drug-likeness (QED) is 0.915. The summed E-state index contributed by atoms with van der Waals surface area (Å²) in [6.07, 6.45) is 0.864. The van der Waals surface area contributed by atoms with Gasteiger partial charge in [0, 0.05) is 17.1 Å². The number of hydrogen-bond acceptors (Lipinski definition) is 2. The molecule has 1 atom stereocenters. The number of benzene rings is 2. The first kappa shape index (κ1) is 13.3.